The first-order valence-corrected chi connectivity index (χ1v) is 11.5. The van der Waals surface area contributed by atoms with Crippen LogP contribution in [0, 0.1) is 11.8 Å². The van der Waals surface area contributed by atoms with Crippen molar-refractivity contribution in [2.75, 3.05) is 6.54 Å². The maximum absolute atomic E-state index is 12.6. The second kappa shape index (κ2) is 19.8. The van der Waals surface area contributed by atoms with Gasteiger partial charge in [-0.2, -0.15) is 0 Å². The number of rotatable bonds is 18. The Morgan fingerprint density at radius 2 is 1.38 bits per heavy atom. The van der Waals surface area contributed by atoms with E-state index in [1.165, 1.54) is 51.4 Å². The van der Waals surface area contributed by atoms with Crippen molar-refractivity contribution in [2.24, 2.45) is 16.8 Å². The summed E-state index contributed by atoms with van der Waals surface area (Å²) in [7, 11) is 0. The van der Waals surface area contributed by atoms with E-state index in [9.17, 15) is 15.0 Å². The maximum atomic E-state index is 12.6. The largest absolute Gasteiger partial charge is 1.00 e. The molecule has 0 amide bonds. The molecule has 0 aromatic carbocycles. The van der Waals surface area contributed by atoms with Crippen LogP contribution >= 0.6 is 0 Å². The Hall–Kier alpha value is -0.100. The summed E-state index contributed by atoms with van der Waals surface area (Å²) < 4.78 is 0. The first-order chi connectivity index (χ1) is 13.3. The predicted molar refractivity (Wildman–Crippen MR) is 117 cm³/mol. The molecule has 0 aliphatic rings. The smallest absolute Gasteiger partial charge is 0.861 e. The second-order valence-corrected chi connectivity index (χ2v) is 8.92. The number of carboxylic acid groups (broad SMARTS) is 1. The Morgan fingerprint density at radius 3 is 1.83 bits per heavy atom. The molecule has 0 unspecified atom stereocenters. The van der Waals surface area contributed by atoms with E-state index in [4.69, 9.17) is 0 Å². The van der Waals surface area contributed by atoms with Crippen molar-refractivity contribution in [1.82, 2.24) is 5.32 Å². The fourth-order valence-corrected chi connectivity index (χ4v) is 3.35. The first kappa shape index (κ1) is 31.1. The fourth-order valence-electron chi connectivity index (χ4n) is 3.35. The van der Waals surface area contributed by atoms with Gasteiger partial charge in [0, 0.05) is 6.04 Å². The van der Waals surface area contributed by atoms with Crippen molar-refractivity contribution in [3.8, 4) is 0 Å². The Kier molecular flexibility index (Phi) is 21.3. The molecule has 166 valence electrons. The van der Waals surface area contributed by atoms with Crippen LogP contribution < -0.4 is 40.0 Å². The summed E-state index contributed by atoms with van der Waals surface area (Å²) in [6.45, 7) is 11.1. The molecule has 0 aromatic rings. The van der Waals surface area contributed by atoms with Crippen molar-refractivity contribution in [3.05, 3.63) is 0 Å². The van der Waals surface area contributed by atoms with Gasteiger partial charge in [-0.1, -0.05) is 86.0 Å². The van der Waals surface area contributed by atoms with E-state index in [1.54, 1.807) is 0 Å². The summed E-state index contributed by atoms with van der Waals surface area (Å²) in [5.41, 5.74) is 0. The number of aliphatic imine (C=N–C) groups is 1. The van der Waals surface area contributed by atoms with Crippen LogP contribution in [0.1, 0.15) is 105 Å². The zero-order chi connectivity index (χ0) is 21.4. The Morgan fingerprint density at radius 1 is 0.897 bits per heavy atom. The molecule has 2 N–H and O–H groups in total. The van der Waals surface area contributed by atoms with Crippen LogP contribution in [0.25, 0.3) is 0 Å². The van der Waals surface area contributed by atoms with Gasteiger partial charge in [0.2, 0.25) is 0 Å². The Bertz CT molecular complexity index is 428. The molecule has 6 heteroatoms. The molecule has 0 rings (SSSR count). The third kappa shape index (κ3) is 18.4. The molecule has 0 bridgehead atoms. The van der Waals surface area contributed by atoms with Crippen LogP contribution in [0.4, 0.5) is 0 Å². The van der Waals surface area contributed by atoms with Gasteiger partial charge in [-0.25, -0.2) is 4.79 Å². The number of carboxylic acids is 1. The van der Waals surface area contributed by atoms with Crippen molar-refractivity contribution in [1.29, 1.82) is 0 Å². The van der Waals surface area contributed by atoms with Gasteiger partial charge < -0.3 is 15.5 Å². The first-order valence-electron chi connectivity index (χ1n) is 11.5. The van der Waals surface area contributed by atoms with Crippen molar-refractivity contribution < 1.29 is 44.6 Å². The number of unbranched alkanes of at least 4 members (excludes halogenated alkanes) is 8. The molecule has 0 fully saturated rings. The van der Waals surface area contributed by atoms with Crippen LogP contribution in [0.3, 0.4) is 0 Å². The number of hydrogen-bond acceptors (Lipinski definition) is 4. The number of hydrogen-bond donors (Lipinski definition) is 2. The zero-order valence-electron chi connectivity index (χ0n) is 20.0. The molecular formula is C23H45N2NaO3. The summed E-state index contributed by atoms with van der Waals surface area (Å²) >= 11 is 0. The average Bonchev–Trinajstić information content (AvgIpc) is 2.60. The fraction of sp³-hybridized carbons (Fsp3) is 0.913. The molecule has 0 aliphatic carbocycles. The van der Waals surface area contributed by atoms with Gasteiger partial charge in [-0.15, -0.1) is 0 Å². The molecule has 2 atom stereocenters. The third-order valence-corrected chi connectivity index (χ3v) is 4.94. The van der Waals surface area contributed by atoms with E-state index in [0.29, 0.717) is 18.8 Å². The number of aliphatic carboxylic acids is 1. The molecule has 5 nitrogen and oxygen atoms in total. The minimum atomic E-state index is -1.01. The summed E-state index contributed by atoms with van der Waals surface area (Å²) in [4.78, 5) is 15.4. The number of nitrogens with one attached hydrogen (secondary N) is 1. The summed E-state index contributed by atoms with van der Waals surface area (Å²) in [6.07, 6.45) is 12.5. The Labute approximate surface area is 201 Å². The molecule has 0 spiro atoms. The van der Waals surface area contributed by atoms with E-state index >= 15 is 0 Å². The summed E-state index contributed by atoms with van der Waals surface area (Å²) in [6, 6.07) is -1.31. The summed E-state index contributed by atoms with van der Waals surface area (Å²) in [5.74, 6) is -0.772. The van der Waals surface area contributed by atoms with Crippen LogP contribution in [-0.4, -0.2) is 35.6 Å². The van der Waals surface area contributed by atoms with E-state index < -0.39 is 12.0 Å². The third-order valence-electron chi connectivity index (χ3n) is 4.94. The molecule has 29 heavy (non-hydrogen) atoms. The molecule has 0 aliphatic heterocycles. The normalized spacial score (nSPS) is 14.1. The van der Waals surface area contributed by atoms with Crippen LogP contribution in [-0.2, 0) is 4.79 Å². The molecular weight excluding hydrogens is 375 g/mol. The standard InChI is InChI=1S/C23H46N2O3.Na/c1-6-7-8-9-10-11-12-13-14-15-24-20(16-18(2)3)22(26)25-21(23(27)28)17-19(4)5;/h18-21,24H,6-17H2,1-5H3,(H,25,26)(H,27,28);/q;+1/p-1/t20-,21-;/m0./s1. The molecule has 0 saturated carbocycles. The van der Waals surface area contributed by atoms with Crippen LogP contribution in [0.15, 0.2) is 4.99 Å². The SMILES string of the molecule is CCCCCCCCCCCN[C@@H](CC(C)C)C([O-])=N[C@@H](CC(C)C)C(=O)O.[Na+]. The van der Waals surface area contributed by atoms with Crippen molar-refractivity contribution in [2.45, 2.75) is 117 Å². The monoisotopic (exact) mass is 420 g/mol. The topological polar surface area (TPSA) is 84.8 Å². The quantitative estimate of drug-likeness (QED) is 0.153. The predicted octanol–water partition coefficient (Wildman–Crippen LogP) is 1.78. The summed E-state index contributed by atoms with van der Waals surface area (Å²) in [5, 5.41) is 25.2. The van der Waals surface area contributed by atoms with Crippen LogP contribution in [0.2, 0.25) is 0 Å². The maximum Gasteiger partial charge on any atom is 1.00 e. The van der Waals surface area contributed by atoms with Gasteiger partial charge in [0.1, 0.15) is 6.04 Å². The zero-order valence-corrected chi connectivity index (χ0v) is 22.0. The van der Waals surface area contributed by atoms with Gasteiger partial charge in [-0.05, 0) is 43.5 Å². The number of carbonyl (C=O) groups is 1. The van der Waals surface area contributed by atoms with Gasteiger partial charge in [0.05, 0.1) is 0 Å². The van der Waals surface area contributed by atoms with E-state index in [1.807, 2.05) is 13.8 Å². The van der Waals surface area contributed by atoms with Crippen molar-refractivity contribution in [3.63, 3.8) is 0 Å². The molecule has 0 aromatic heterocycles. The van der Waals surface area contributed by atoms with E-state index in [2.05, 4.69) is 31.1 Å². The van der Waals surface area contributed by atoms with Gasteiger partial charge in [-0.3, -0.25) is 4.99 Å². The van der Waals surface area contributed by atoms with Gasteiger partial charge in [0.25, 0.3) is 0 Å². The van der Waals surface area contributed by atoms with Crippen molar-refractivity contribution >= 4 is 11.9 Å². The van der Waals surface area contributed by atoms with Crippen LogP contribution in [0.5, 0.6) is 0 Å². The van der Waals surface area contributed by atoms with Gasteiger partial charge in [0.15, 0.2) is 0 Å². The minimum Gasteiger partial charge on any atom is -0.861 e. The van der Waals surface area contributed by atoms with Gasteiger partial charge >= 0.3 is 35.5 Å². The molecule has 0 radical (unpaired) electrons. The van der Waals surface area contributed by atoms with E-state index in [-0.39, 0.29) is 47.4 Å². The number of nitrogens with zero attached hydrogens (tertiary/aromatic N) is 1. The molecule has 0 heterocycles. The Balaban J connectivity index is 0. The van der Waals surface area contributed by atoms with E-state index in [0.717, 1.165) is 13.0 Å². The minimum absolute atomic E-state index is 0. The average molecular weight is 421 g/mol. The second-order valence-electron chi connectivity index (χ2n) is 8.92. The molecule has 0 saturated heterocycles.